The molecule has 1 aromatic heterocycles. The molecular formula is C13H23N5O. The normalized spacial score (nSPS) is 35.8. The van der Waals surface area contributed by atoms with E-state index >= 15 is 0 Å². The Morgan fingerprint density at radius 2 is 2.26 bits per heavy atom. The first kappa shape index (κ1) is 12.9. The van der Waals surface area contributed by atoms with Gasteiger partial charge in [-0.3, -0.25) is 5.10 Å². The Labute approximate surface area is 113 Å². The van der Waals surface area contributed by atoms with Gasteiger partial charge in [0.15, 0.2) is 0 Å². The summed E-state index contributed by atoms with van der Waals surface area (Å²) in [4.78, 5) is 6.87. The van der Waals surface area contributed by atoms with Gasteiger partial charge in [-0.1, -0.05) is 0 Å². The van der Waals surface area contributed by atoms with Crippen molar-refractivity contribution in [3.05, 3.63) is 5.82 Å². The Morgan fingerprint density at radius 1 is 1.42 bits per heavy atom. The van der Waals surface area contributed by atoms with Crippen molar-refractivity contribution in [2.45, 2.75) is 57.2 Å². The molecule has 2 aliphatic heterocycles. The number of nitrogens with one attached hydrogen (secondary N) is 1. The lowest BCUT2D eigenvalue weighted by atomic mass is 9.99. The zero-order chi connectivity index (χ0) is 13.4. The highest BCUT2D eigenvalue weighted by Gasteiger charge is 2.30. The van der Waals surface area contributed by atoms with Crippen LogP contribution in [-0.4, -0.2) is 46.5 Å². The maximum absolute atomic E-state index is 6.13. The van der Waals surface area contributed by atoms with Crippen molar-refractivity contribution >= 4 is 5.95 Å². The summed E-state index contributed by atoms with van der Waals surface area (Å²) < 4.78 is 5.59. The van der Waals surface area contributed by atoms with Crippen molar-refractivity contribution in [1.82, 2.24) is 15.2 Å². The van der Waals surface area contributed by atoms with Crippen LogP contribution < -0.4 is 10.6 Å². The van der Waals surface area contributed by atoms with E-state index in [4.69, 9.17) is 10.5 Å². The minimum atomic E-state index is 0.213. The maximum atomic E-state index is 6.13. The molecule has 6 heteroatoms. The van der Waals surface area contributed by atoms with Gasteiger partial charge in [0.2, 0.25) is 5.95 Å². The van der Waals surface area contributed by atoms with E-state index in [2.05, 4.69) is 33.9 Å². The number of hydrogen-bond acceptors (Lipinski definition) is 5. The minimum absolute atomic E-state index is 0.213. The van der Waals surface area contributed by atoms with Gasteiger partial charge in [-0.15, -0.1) is 5.10 Å². The molecule has 0 bridgehead atoms. The number of H-pyrrole nitrogens is 1. The van der Waals surface area contributed by atoms with Crippen LogP contribution in [0.3, 0.4) is 0 Å². The third-order valence-corrected chi connectivity index (χ3v) is 4.38. The second-order valence-electron chi connectivity index (χ2n) is 5.84. The molecule has 2 saturated heterocycles. The Hall–Kier alpha value is -1.14. The molecular weight excluding hydrogens is 242 g/mol. The molecule has 0 spiro atoms. The average molecular weight is 265 g/mol. The topological polar surface area (TPSA) is 80.1 Å². The number of anilines is 1. The van der Waals surface area contributed by atoms with Crippen molar-refractivity contribution in [3.63, 3.8) is 0 Å². The van der Waals surface area contributed by atoms with E-state index in [1.165, 1.54) is 0 Å². The summed E-state index contributed by atoms with van der Waals surface area (Å²) >= 11 is 0. The van der Waals surface area contributed by atoms with E-state index in [0.29, 0.717) is 18.1 Å². The highest BCUT2D eigenvalue weighted by Crippen LogP contribution is 2.28. The summed E-state index contributed by atoms with van der Waals surface area (Å²) in [7, 11) is 0. The fraction of sp³-hybridized carbons (Fsp3) is 0.846. The van der Waals surface area contributed by atoms with E-state index in [9.17, 15) is 0 Å². The number of aromatic nitrogens is 3. The molecule has 0 amide bonds. The van der Waals surface area contributed by atoms with E-state index in [1.807, 2.05) is 0 Å². The number of ether oxygens (including phenoxy) is 1. The third-order valence-electron chi connectivity index (χ3n) is 4.38. The van der Waals surface area contributed by atoms with Crippen LogP contribution in [0.5, 0.6) is 0 Å². The second kappa shape index (κ2) is 5.09. The highest BCUT2D eigenvalue weighted by molar-refractivity contribution is 5.33. The molecule has 19 heavy (non-hydrogen) atoms. The zero-order valence-electron chi connectivity index (χ0n) is 11.7. The standard InChI is InChI=1S/C13H23N5O/c1-8-6-10(7-19-8)12-15-13(17-16-12)18-5-3-4-11(14)9(18)2/h8-11H,3-7,14H2,1-2H3,(H,15,16,17). The van der Waals surface area contributed by atoms with Crippen LogP contribution in [0.4, 0.5) is 5.95 Å². The van der Waals surface area contributed by atoms with Gasteiger partial charge in [0.05, 0.1) is 12.7 Å². The Morgan fingerprint density at radius 3 is 3.00 bits per heavy atom. The largest absolute Gasteiger partial charge is 0.378 e. The predicted molar refractivity (Wildman–Crippen MR) is 73.2 cm³/mol. The van der Waals surface area contributed by atoms with Crippen molar-refractivity contribution in [2.75, 3.05) is 18.1 Å². The fourth-order valence-electron chi connectivity index (χ4n) is 3.04. The number of piperidine rings is 1. The summed E-state index contributed by atoms with van der Waals surface area (Å²) in [6.07, 6.45) is 3.53. The average Bonchev–Trinajstić information content (AvgIpc) is 3.01. The van der Waals surface area contributed by atoms with Crippen LogP contribution in [0.1, 0.15) is 44.9 Å². The molecule has 0 aromatic carbocycles. The molecule has 0 radical (unpaired) electrons. The van der Waals surface area contributed by atoms with Crippen molar-refractivity contribution in [3.8, 4) is 0 Å². The van der Waals surface area contributed by atoms with Crippen molar-refractivity contribution in [1.29, 1.82) is 0 Å². The van der Waals surface area contributed by atoms with Crippen LogP contribution in [-0.2, 0) is 4.74 Å². The van der Waals surface area contributed by atoms with E-state index in [-0.39, 0.29) is 6.04 Å². The monoisotopic (exact) mass is 265 g/mol. The molecule has 0 saturated carbocycles. The van der Waals surface area contributed by atoms with Gasteiger partial charge in [0.1, 0.15) is 5.82 Å². The smallest absolute Gasteiger partial charge is 0.245 e. The Bertz CT molecular complexity index is 434. The van der Waals surface area contributed by atoms with Gasteiger partial charge in [0.25, 0.3) is 0 Å². The third kappa shape index (κ3) is 2.47. The minimum Gasteiger partial charge on any atom is -0.378 e. The first-order valence-corrected chi connectivity index (χ1v) is 7.21. The number of rotatable bonds is 2. The molecule has 4 unspecified atom stereocenters. The van der Waals surface area contributed by atoms with Crippen LogP contribution in [0.25, 0.3) is 0 Å². The molecule has 2 aliphatic rings. The highest BCUT2D eigenvalue weighted by atomic mass is 16.5. The summed E-state index contributed by atoms with van der Waals surface area (Å²) in [6.45, 7) is 5.98. The number of aromatic amines is 1. The molecule has 106 valence electrons. The van der Waals surface area contributed by atoms with Crippen LogP contribution in [0.2, 0.25) is 0 Å². The molecule has 3 N–H and O–H groups in total. The van der Waals surface area contributed by atoms with E-state index in [1.54, 1.807) is 0 Å². The SMILES string of the molecule is CC1CC(c2nc(N3CCCC(N)C3C)n[nH]2)CO1. The maximum Gasteiger partial charge on any atom is 0.245 e. The lowest BCUT2D eigenvalue weighted by Gasteiger charge is -2.36. The first-order chi connectivity index (χ1) is 9.15. The molecule has 1 aromatic rings. The van der Waals surface area contributed by atoms with Crippen LogP contribution in [0, 0.1) is 0 Å². The lowest BCUT2D eigenvalue weighted by Crippen LogP contribution is -2.51. The van der Waals surface area contributed by atoms with E-state index in [0.717, 1.165) is 44.2 Å². The molecule has 4 atom stereocenters. The van der Waals surface area contributed by atoms with Gasteiger partial charge >= 0.3 is 0 Å². The Kier molecular flexibility index (Phi) is 3.45. The van der Waals surface area contributed by atoms with Gasteiger partial charge in [-0.2, -0.15) is 4.98 Å². The van der Waals surface area contributed by atoms with E-state index < -0.39 is 0 Å². The van der Waals surface area contributed by atoms with Gasteiger partial charge in [-0.25, -0.2) is 0 Å². The number of nitrogens with two attached hydrogens (primary N) is 1. The van der Waals surface area contributed by atoms with Gasteiger partial charge in [0, 0.05) is 24.5 Å². The quantitative estimate of drug-likeness (QED) is 0.834. The molecule has 3 heterocycles. The summed E-state index contributed by atoms with van der Waals surface area (Å²) in [5.74, 6) is 2.09. The van der Waals surface area contributed by atoms with Gasteiger partial charge in [-0.05, 0) is 33.1 Å². The summed E-state index contributed by atoms with van der Waals surface area (Å²) in [6, 6.07) is 0.515. The van der Waals surface area contributed by atoms with Crippen LogP contribution >= 0.6 is 0 Å². The second-order valence-corrected chi connectivity index (χ2v) is 5.84. The predicted octanol–water partition coefficient (Wildman–Crippen LogP) is 1.01. The van der Waals surface area contributed by atoms with Crippen LogP contribution in [0.15, 0.2) is 0 Å². The molecule has 2 fully saturated rings. The summed E-state index contributed by atoms with van der Waals surface area (Å²) in [5.41, 5.74) is 6.13. The fourth-order valence-corrected chi connectivity index (χ4v) is 3.04. The van der Waals surface area contributed by atoms with Crippen molar-refractivity contribution in [2.24, 2.45) is 5.73 Å². The lowest BCUT2D eigenvalue weighted by molar-refractivity contribution is 0.123. The Balaban J connectivity index is 1.73. The molecule has 6 nitrogen and oxygen atoms in total. The number of nitrogens with zero attached hydrogens (tertiary/aromatic N) is 3. The zero-order valence-corrected chi connectivity index (χ0v) is 11.7. The molecule has 3 rings (SSSR count). The van der Waals surface area contributed by atoms with Crippen molar-refractivity contribution < 1.29 is 4.74 Å². The molecule has 0 aliphatic carbocycles. The summed E-state index contributed by atoms with van der Waals surface area (Å²) in [5, 5.41) is 7.45. The number of hydrogen-bond donors (Lipinski definition) is 2. The van der Waals surface area contributed by atoms with Gasteiger partial charge < -0.3 is 15.4 Å². The first-order valence-electron chi connectivity index (χ1n) is 7.21.